The molecule has 11 heteroatoms. The first-order valence-corrected chi connectivity index (χ1v) is 10.7. The van der Waals surface area contributed by atoms with Crippen molar-refractivity contribution < 1.29 is 23.7 Å². The molecule has 3 heterocycles. The zero-order valence-electron chi connectivity index (χ0n) is 17.8. The highest BCUT2D eigenvalue weighted by Crippen LogP contribution is 2.36. The van der Waals surface area contributed by atoms with Crippen molar-refractivity contribution in [1.82, 2.24) is 25.2 Å². The molecule has 0 aromatic carbocycles. The van der Waals surface area contributed by atoms with E-state index >= 15 is 0 Å². The van der Waals surface area contributed by atoms with E-state index in [2.05, 4.69) is 15.8 Å². The monoisotopic (exact) mass is 432 g/mol. The lowest BCUT2D eigenvalue weighted by atomic mass is 9.97. The highest BCUT2D eigenvalue weighted by Gasteiger charge is 2.54. The molecule has 3 aliphatic rings. The third-order valence-corrected chi connectivity index (χ3v) is 6.34. The molecule has 1 aromatic heterocycles. The summed E-state index contributed by atoms with van der Waals surface area (Å²) in [6.07, 6.45) is 3.05. The minimum absolute atomic E-state index is 0.180. The second kappa shape index (κ2) is 8.29. The number of carbonyl (C=O) groups is 4. The molecule has 4 rings (SSSR count). The third kappa shape index (κ3) is 4.14. The average molecular weight is 432 g/mol. The topological polar surface area (TPSA) is 128 Å². The highest BCUT2D eigenvalue weighted by atomic mass is 16.5. The fraction of sp³-hybridized carbons (Fsp3) is 0.650. The number of hydrogen-bond acceptors (Lipinski definition) is 7. The number of anilines is 1. The Balaban J connectivity index is 1.28. The highest BCUT2D eigenvalue weighted by molar-refractivity contribution is 6.10. The molecule has 1 saturated carbocycles. The summed E-state index contributed by atoms with van der Waals surface area (Å²) in [7, 11) is 0. The quantitative estimate of drug-likeness (QED) is 0.641. The molecule has 1 aromatic rings. The standard InChI is InChI=1S/C20H28N6O5/c1-13-11-15(23-31-13)21-16(27)12-24-7-9-25(10-8-24)17(28)14(2)26-18(29)20(22-19(26)30)5-3-4-6-20/h11,14H,3-10,12H2,1-2H3,(H,22,30)(H,21,23,27). The molecule has 2 saturated heterocycles. The summed E-state index contributed by atoms with van der Waals surface area (Å²) in [6, 6.07) is 0.311. The minimum atomic E-state index is -0.849. The first-order valence-electron chi connectivity index (χ1n) is 10.7. The zero-order chi connectivity index (χ0) is 22.2. The molecule has 0 bridgehead atoms. The smallest absolute Gasteiger partial charge is 0.325 e. The molecule has 1 atom stereocenters. The second-order valence-electron chi connectivity index (χ2n) is 8.54. The van der Waals surface area contributed by atoms with E-state index in [9.17, 15) is 19.2 Å². The van der Waals surface area contributed by atoms with E-state index < -0.39 is 17.6 Å². The summed E-state index contributed by atoms with van der Waals surface area (Å²) >= 11 is 0. The molecule has 1 spiro atoms. The molecule has 1 unspecified atom stereocenters. The summed E-state index contributed by atoms with van der Waals surface area (Å²) < 4.78 is 4.93. The summed E-state index contributed by atoms with van der Waals surface area (Å²) in [5.74, 6) is 0.247. The van der Waals surface area contributed by atoms with Gasteiger partial charge in [-0.3, -0.25) is 19.3 Å². The number of aryl methyl sites for hydroxylation is 1. The van der Waals surface area contributed by atoms with Gasteiger partial charge in [0, 0.05) is 32.2 Å². The van der Waals surface area contributed by atoms with Crippen LogP contribution in [0.5, 0.6) is 0 Å². The van der Waals surface area contributed by atoms with Crippen LogP contribution in [0.25, 0.3) is 0 Å². The third-order valence-electron chi connectivity index (χ3n) is 6.34. The van der Waals surface area contributed by atoms with Gasteiger partial charge in [-0.05, 0) is 26.7 Å². The Morgan fingerprint density at radius 1 is 1.23 bits per heavy atom. The van der Waals surface area contributed by atoms with E-state index in [0.29, 0.717) is 50.6 Å². The van der Waals surface area contributed by atoms with Gasteiger partial charge in [0.1, 0.15) is 17.3 Å². The van der Waals surface area contributed by atoms with Crippen molar-refractivity contribution in [2.75, 3.05) is 38.0 Å². The molecular weight excluding hydrogens is 404 g/mol. The Bertz CT molecular complexity index is 884. The molecule has 2 N–H and O–H groups in total. The lowest BCUT2D eigenvalue weighted by molar-refractivity contribution is -0.144. The van der Waals surface area contributed by atoms with Crippen LogP contribution in [0.2, 0.25) is 0 Å². The van der Waals surface area contributed by atoms with E-state index in [0.717, 1.165) is 17.7 Å². The van der Waals surface area contributed by atoms with Gasteiger partial charge in [-0.2, -0.15) is 0 Å². The van der Waals surface area contributed by atoms with Crippen LogP contribution in [-0.4, -0.2) is 87.9 Å². The van der Waals surface area contributed by atoms with Crippen LogP contribution in [0.15, 0.2) is 10.6 Å². The van der Waals surface area contributed by atoms with E-state index in [1.807, 2.05) is 4.90 Å². The molecule has 31 heavy (non-hydrogen) atoms. The second-order valence-corrected chi connectivity index (χ2v) is 8.54. The molecular formula is C20H28N6O5. The van der Waals surface area contributed by atoms with Crippen molar-refractivity contribution in [2.45, 2.75) is 51.1 Å². The van der Waals surface area contributed by atoms with Gasteiger partial charge < -0.3 is 20.1 Å². The number of urea groups is 1. The largest absolute Gasteiger partial charge is 0.360 e. The fourth-order valence-electron chi connectivity index (χ4n) is 4.62. The van der Waals surface area contributed by atoms with Crippen LogP contribution in [0.3, 0.4) is 0 Å². The SMILES string of the molecule is Cc1cc(NC(=O)CN2CCN(C(=O)C(C)N3C(=O)NC4(CCCC4)C3=O)CC2)no1. The molecule has 168 valence electrons. The zero-order valence-corrected chi connectivity index (χ0v) is 17.8. The number of piperazine rings is 1. The number of rotatable bonds is 5. The van der Waals surface area contributed by atoms with Crippen molar-refractivity contribution in [3.63, 3.8) is 0 Å². The Hall–Kier alpha value is -2.95. The van der Waals surface area contributed by atoms with Crippen molar-refractivity contribution >= 4 is 29.6 Å². The van der Waals surface area contributed by atoms with Gasteiger partial charge in [-0.15, -0.1) is 0 Å². The van der Waals surface area contributed by atoms with Gasteiger partial charge in [-0.25, -0.2) is 9.69 Å². The van der Waals surface area contributed by atoms with Crippen molar-refractivity contribution in [3.05, 3.63) is 11.8 Å². The molecule has 0 radical (unpaired) electrons. The van der Waals surface area contributed by atoms with Gasteiger partial charge in [0.2, 0.25) is 11.8 Å². The predicted molar refractivity (Wildman–Crippen MR) is 109 cm³/mol. The number of imide groups is 1. The Kier molecular flexibility index (Phi) is 5.69. The van der Waals surface area contributed by atoms with E-state index in [1.54, 1.807) is 24.8 Å². The van der Waals surface area contributed by atoms with Crippen LogP contribution in [-0.2, 0) is 14.4 Å². The number of carbonyl (C=O) groups excluding carboxylic acids is 4. The van der Waals surface area contributed by atoms with Crippen LogP contribution in [0, 0.1) is 6.92 Å². The van der Waals surface area contributed by atoms with Gasteiger partial charge in [0.25, 0.3) is 5.91 Å². The van der Waals surface area contributed by atoms with Gasteiger partial charge in [0.15, 0.2) is 5.82 Å². The van der Waals surface area contributed by atoms with Crippen LogP contribution >= 0.6 is 0 Å². The van der Waals surface area contributed by atoms with Crippen molar-refractivity contribution in [3.8, 4) is 0 Å². The maximum Gasteiger partial charge on any atom is 0.325 e. The summed E-state index contributed by atoms with van der Waals surface area (Å²) in [5.41, 5.74) is -0.819. The number of aromatic nitrogens is 1. The summed E-state index contributed by atoms with van der Waals surface area (Å²) in [5, 5.41) is 9.23. The summed E-state index contributed by atoms with van der Waals surface area (Å²) in [6.45, 7) is 5.42. The van der Waals surface area contributed by atoms with Crippen molar-refractivity contribution in [2.24, 2.45) is 0 Å². The van der Waals surface area contributed by atoms with Gasteiger partial charge >= 0.3 is 6.03 Å². The Labute approximate surface area is 180 Å². The summed E-state index contributed by atoms with van der Waals surface area (Å²) in [4.78, 5) is 55.2. The normalized spacial score (nSPS) is 22.1. The molecule has 3 fully saturated rings. The van der Waals surface area contributed by atoms with Crippen LogP contribution in [0.4, 0.5) is 10.6 Å². The molecule has 5 amide bonds. The van der Waals surface area contributed by atoms with E-state index in [-0.39, 0.29) is 24.3 Å². The number of nitrogens with one attached hydrogen (secondary N) is 2. The maximum absolute atomic E-state index is 13.0. The number of nitrogens with zero attached hydrogens (tertiary/aromatic N) is 4. The molecule has 2 aliphatic heterocycles. The van der Waals surface area contributed by atoms with Gasteiger partial charge in [0.05, 0.1) is 6.54 Å². The van der Waals surface area contributed by atoms with E-state index in [4.69, 9.17) is 4.52 Å². The van der Waals surface area contributed by atoms with E-state index in [1.165, 1.54) is 0 Å². The Morgan fingerprint density at radius 3 is 2.52 bits per heavy atom. The molecule has 11 nitrogen and oxygen atoms in total. The lowest BCUT2D eigenvalue weighted by Crippen LogP contribution is -2.56. The maximum atomic E-state index is 13.0. The lowest BCUT2D eigenvalue weighted by Gasteiger charge is -2.36. The first-order chi connectivity index (χ1) is 14.8. The average Bonchev–Trinajstić information content (AvgIpc) is 3.42. The number of hydrogen-bond donors (Lipinski definition) is 2. The van der Waals surface area contributed by atoms with Crippen LogP contribution < -0.4 is 10.6 Å². The van der Waals surface area contributed by atoms with Crippen molar-refractivity contribution in [1.29, 1.82) is 0 Å². The van der Waals surface area contributed by atoms with Gasteiger partial charge in [-0.1, -0.05) is 18.0 Å². The number of amides is 5. The predicted octanol–water partition coefficient (Wildman–Crippen LogP) is 0.319. The minimum Gasteiger partial charge on any atom is -0.360 e. The fourth-order valence-corrected chi connectivity index (χ4v) is 4.62. The Morgan fingerprint density at radius 2 is 1.90 bits per heavy atom. The molecule has 1 aliphatic carbocycles. The van der Waals surface area contributed by atoms with Crippen LogP contribution in [0.1, 0.15) is 38.4 Å². The first kappa shape index (κ1) is 21.3.